The van der Waals surface area contributed by atoms with E-state index in [1.807, 2.05) is 0 Å². The Morgan fingerprint density at radius 3 is 1.92 bits per heavy atom. The quantitative estimate of drug-likeness (QED) is 0.594. The summed E-state index contributed by atoms with van der Waals surface area (Å²) >= 11 is 0. The van der Waals surface area contributed by atoms with Crippen LogP contribution in [-0.4, -0.2) is 13.7 Å². The summed E-state index contributed by atoms with van der Waals surface area (Å²) in [7, 11) is -4.26. The van der Waals surface area contributed by atoms with Crippen molar-refractivity contribution < 1.29 is 12.3 Å². The second-order valence-electron chi connectivity index (χ2n) is 4.03. The summed E-state index contributed by atoms with van der Waals surface area (Å²) in [6.07, 6.45) is 4.62. The number of hydrogen-bond acceptors (Lipinski definition) is 2. The van der Waals surface area contributed by atoms with Crippen molar-refractivity contribution in [3.8, 4) is 0 Å². The molecule has 2 nitrogen and oxygen atoms in total. The summed E-state index contributed by atoms with van der Waals surface area (Å²) in [5.41, 5.74) is 0. The first-order chi connectivity index (χ1) is 5.57. The van der Waals surface area contributed by atoms with Gasteiger partial charge in [0, 0.05) is 0 Å². The lowest BCUT2D eigenvalue weighted by Gasteiger charge is -2.40. The van der Waals surface area contributed by atoms with Crippen LogP contribution in [0, 0.1) is 11.8 Å². The van der Waals surface area contributed by atoms with Crippen LogP contribution in [0.4, 0.5) is 3.89 Å². The number of hydrogen-bond donors (Lipinski definition) is 0. The zero-order chi connectivity index (χ0) is 8.77. The van der Waals surface area contributed by atoms with Gasteiger partial charge in [-0.05, 0) is 31.1 Å². The summed E-state index contributed by atoms with van der Waals surface area (Å²) in [5.74, 6) is 0.593. The van der Waals surface area contributed by atoms with E-state index in [9.17, 15) is 12.3 Å². The molecule has 1 atom stereocenters. The highest BCUT2D eigenvalue weighted by atomic mass is 32.3. The fourth-order valence-electron chi connectivity index (χ4n) is 2.66. The van der Waals surface area contributed by atoms with Gasteiger partial charge in [-0.25, -0.2) is 0 Å². The van der Waals surface area contributed by atoms with Crippen molar-refractivity contribution in [2.24, 2.45) is 11.8 Å². The molecule has 3 aliphatic carbocycles. The summed E-state index contributed by atoms with van der Waals surface area (Å²) < 4.78 is 34.1. The molecule has 4 heteroatoms. The molecule has 0 spiro atoms. The average molecular weight is 192 g/mol. The minimum absolute atomic E-state index is 0.116. The molecule has 0 aromatic carbocycles. The average Bonchev–Trinajstić information content (AvgIpc) is 2.05. The largest absolute Gasteiger partial charge is 0.305 e. The molecule has 12 heavy (non-hydrogen) atoms. The molecule has 70 valence electrons. The topological polar surface area (TPSA) is 34.1 Å². The van der Waals surface area contributed by atoms with Gasteiger partial charge < -0.3 is 0 Å². The van der Waals surface area contributed by atoms with Crippen LogP contribution in [0.3, 0.4) is 0 Å². The van der Waals surface area contributed by atoms with Crippen LogP contribution in [0.2, 0.25) is 0 Å². The van der Waals surface area contributed by atoms with Gasteiger partial charge in [-0.3, -0.25) is 0 Å². The van der Waals surface area contributed by atoms with E-state index < -0.39 is 15.5 Å². The molecule has 3 rings (SSSR count). The standard InChI is InChI=1S/C8H13FO2S/c9-12(10,11)8-5-6-1-3-7(8)4-2-6/h6-8H,1-5H2. The fourth-order valence-corrected chi connectivity index (χ4v) is 3.90. The third kappa shape index (κ3) is 1.37. The maximum atomic E-state index is 12.7. The molecule has 0 aromatic rings. The Morgan fingerprint density at radius 1 is 1.08 bits per heavy atom. The molecular formula is C8H13FO2S. The van der Waals surface area contributed by atoms with Gasteiger partial charge in [-0.2, -0.15) is 8.42 Å². The molecule has 3 saturated carbocycles. The molecule has 0 radical (unpaired) electrons. The normalized spacial score (nSPS) is 41.6. The van der Waals surface area contributed by atoms with E-state index in [0.717, 1.165) is 25.7 Å². The Labute approximate surface area is 72.4 Å². The lowest BCUT2D eigenvalue weighted by atomic mass is 9.70. The third-order valence-corrected chi connectivity index (χ3v) is 4.65. The zero-order valence-electron chi connectivity index (χ0n) is 6.87. The van der Waals surface area contributed by atoms with Crippen LogP contribution in [0.15, 0.2) is 0 Å². The summed E-state index contributed by atoms with van der Waals surface area (Å²) in [5, 5.41) is -0.662. The molecule has 3 fully saturated rings. The smallest absolute Gasteiger partial charge is 0.195 e. The molecule has 2 bridgehead atoms. The summed E-state index contributed by atoms with van der Waals surface area (Å²) in [4.78, 5) is 0. The van der Waals surface area contributed by atoms with Gasteiger partial charge in [-0.1, -0.05) is 12.8 Å². The van der Waals surface area contributed by atoms with Gasteiger partial charge >= 0.3 is 10.2 Å². The molecule has 0 amide bonds. The van der Waals surface area contributed by atoms with Crippen LogP contribution in [-0.2, 0) is 10.2 Å². The van der Waals surface area contributed by atoms with Gasteiger partial charge in [0.25, 0.3) is 0 Å². The van der Waals surface area contributed by atoms with Crippen molar-refractivity contribution in [1.29, 1.82) is 0 Å². The predicted molar refractivity (Wildman–Crippen MR) is 43.9 cm³/mol. The maximum absolute atomic E-state index is 12.7. The van der Waals surface area contributed by atoms with Crippen molar-refractivity contribution in [1.82, 2.24) is 0 Å². The second kappa shape index (κ2) is 2.69. The molecule has 0 heterocycles. The van der Waals surface area contributed by atoms with Crippen LogP contribution < -0.4 is 0 Å². The molecule has 3 aliphatic rings. The highest BCUT2D eigenvalue weighted by Crippen LogP contribution is 2.44. The van der Waals surface area contributed by atoms with Gasteiger partial charge in [0.2, 0.25) is 0 Å². The van der Waals surface area contributed by atoms with Crippen molar-refractivity contribution in [2.45, 2.75) is 37.4 Å². The van der Waals surface area contributed by atoms with Crippen molar-refractivity contribution in [3.63, 3.8) is 0 Å². The van der Waals surface area contributed by atoms with E-state index in [2.05, 4.69) is 0 Å². The summed E-state index contributed by atoms with van der Waals surface area (Å²) in [6, 6.07) is 0. The molecule has 0 saturated heterocycles. The van der Waals surface area contributed by atoms with Crippen LogP contribution >= 0.6 is 0 Å². The van der Waals surface area contributed by atoms with E-state index in [-0.39, 0.29) is 5.92 Å². The third-order valence-electron chi connectivity index (χ3n) is 3.34. The minimum Gasteiger partial charge on any atom is -0.195 e. The molecule has 0 N–H and O–H groups in total. The predicted octanol–water partition coefficient (Wildman–Crippen LogP) is 1.86. The maximum Gasteiger partial charge on any atom is 0.305 e. The van der Waals surface area contributed by atoms with Crippen LogP contribution in [0.5, 0.6) is 0 Å². The number of rotatable bonds is 1. The molecular weight excluding hydrogens is 179 g/mol. The Kier molecular flexibility index (Phi) is 1.90. The SMILES string of the molecule is O=S(=O)(F)C1CC2CCC1CC2. The van der Waals surface area contributed by atoms with Gasteiger partial charge in [0.15, 0.2) is 0 Å². The highest BCUT2D eigenvalue weighted by molar-refractivity contribution is 7.87. The lowest BCUT2D eigenvalue weighted by molar-refractivity contribution is 0.176. The Balaban J connectivity index is 2.20. The van der Waals surface area contributed by atoms with E-state index >= 15 is 0 Å². The first-order valence-corrected chi connectivity index (χ1v) is 5.95. The highest BCUT2D eigenvalue weighted by Gasteiger charge is 2.42. The van der Waals surface area contributed by atoms with Crippen LogP contribution in [0.25, 0.3) is 0 Å². The Bertz CT molecular complexity index is 265. The molecule has 0 aliphatic heterocycles. The first kappa shape index (κ1) is 8.48. The van der Waals surface area contributed by atoms with Crippen molar-refractivity contribution in [3.05, 3.63) is 0 Å². The summed E-state index contributed by atoms with van der Waals surface area (Å²) in [6.45, 7) is 0. The van der Waals surface area contributed by atoms with Crippen LogP contribution in [0.1, 0.15) is 32.1 Å². The van der Waals surface area contributed by atoms with E-state index in [1.54, 1.807) is 0 Å². The number of halogens is 1. The number of fused-ring (bicyclic) bond motifs is 3. The Morgan fingerprint density at radius 2 is 1.67 bits per heavy atom. The zero-order valence-corrected chi connectivity index (χ0v) is 7.69. The Hall–Kier alpha value is -0.120. The van der Waals surface area contributed by atoms with Gasteiger partial charge in [0.1, 0.15) is 0 Å². The molecule has 1 unspecified atom stereocenters. The lowest BCUT2D eigenvalue weighted by Crippen LogP contribution is -2.38. The van der Waals surface area contributed by atoms with Gasteiger partial charge in [0.05, 0.1) is 5.25 Å². The van der Waals surface area contributed by atoms with E-state index in [0.29, 0.717) is 12.3 Å². The second-order valence-corrected chi connectivity index (χ2v) is 5.59. The fraction of sp³-hybridized carbons (Fsp3) is 1.00. The first-order valence-electron chi connectivity index (χ1n) is 4.51. The minimum atomic E-state index is -4.26. The monoisotopic (exact) mass is 192 g/mol. The van der Waals surface area contributed by atoms with Gasteiger partial charge in [-0.15, -0.1) is 3.89 Å². The molecule has 0 aromatic heterocycles. The van der Waals surface area contributed by atoms with Crippen molar-refractivity contribution >= 4 is 10.2 Å². The van der Waals surface area contributed by atoms with Crippen molar-refractivity contribution in [2.75, 3.05) is 0 Å². The van der Waals surface area contributed by atoms with E-state index in [1.165, 1.54) is 0 Å². The van der Waals surface area contributed by atoms with E-state index in [4.69, 9.17) is 0 Å².